The predicted octanol–water partition coefficient (Wildman–Crippen LogP) is 3.15. The van der Waals surface area contributed by atoms with Gasteiger partial charge in [-0.1, -0.05) is 30.0 Å². The summed E-state index contributed by atoms with van der Waals surface area (Å²) in [6.07, 6.45) is 0. The number of halogens is 1. The first kappa shape index (κ1) is 21.2. The Labute approximate surface area is 185 Å². The molecule has 0 saturated heterocycles. The van der Waals surface area contributed by atoms with E-state index in [-0.39, 0.29) is 40.7 Å². The molecule has 0 unspecified atom stereocenters. The van der Waals surface area contributed by atoms with Crippen LogP contribution in [0.3, 0.4) is 0 Å². The van der Waals surface area contributed by atoms with Crippen molar-refractivity contribution in [2.24, 2.45) is 0 Å². The average molecular weight is 453 g/mol. The number of benzene rings is 2. The minimum Gasteiger partial charge on any atom is -0.325 e. The fourth-order valence-electron chi connectivity index (χ4n) is 2.77. The number of hydrogen-bond acceptors (Lipinski definition) is 8. The van der Waals surface area contributed by atoms with Gasteiger partial charge in [0, 0.05) is 18.3 Å². The van der Waals surface area contributed by atoms with E-state index in [1.54, 1.807) is 4.57 Å². The average Bonchev–Trinajstić information content (AvgIpc) is 3.40. The third kappa shape index (κ3) is 4.81. The summed E-state index contributed by atoms with van der Waals surface area (Å²) in [6.45, 7) is 1.33. The zero-order valence-corrected chi connectivity index (χ0v) is 17.5. The Hall–Kier alpha value is -4.06. The second kappa shape index (κ2) is 9.39. The summed E-state index contributed by atoms with van der Waals surface area (Å²) < 4.78 is 19.5. The highest BCUT2D eigenvalue weighted by Crippen LogP contribution is 2.30. The monoisotopic (exact) mass is 453 g/mol. The second-order valence-electron chi connectivity index (χ2n) is 6.46. The van der Waals surface area contributed by atoms with E-state index in [0.717, 1.165) is 11.8 Å². The fourth-order valence-corrected chi connectivity index (χ4v) is 3.52. The topological polar surface area (TPSA) is 128 Å². The third-order valence-electron chi connectivity index (χ3n) is 4.10. The van der Waals surface area contributed by atoms with Crippen molar-refractivity contribution in [3.05, 3.63) is 60.4 Å². The van der Waals surface area contributed by atoms with Crippen LogP contribution in [0.2, 0.25) is 0 Å². The molecule has 4 rings (SSSR count). The van der Waals surface area contributed by atoms with Gasteiger partial charge in [-0.2, -0.15) is 0 Å². The van der Waals surface area contributed by atoms with E-state index in [9.17, 15) is 14.0 Å². The number of carbonyl (C=O) groups is 2. The molecule has 2 heterocycles. The van der Waals surface area contributed by atoms with Crippen molar-refractivity contribution in [1.82, 2.24) is 25.1 Å². The van der Waals surface area contributed by atoms with E-state index in [2.05, 4.69) is 31.1 Å². The lowest BCUT2D eigenvalue weighted by molar-refractivity contribution is -0.114. The van der Waals surface area contributed by atoms with E-state index in [4.69, 9.17) is 4.63 Å². The van der Waals surface area contributed by atoms with Gasteiger partial charge in [0.05, 0.1) is 5.75 Å². The van der Waals surface area contributed by atoms with Gasteiger partial charge in [0.2, 0.25) is 17.6 Å². The maximum Gasteiger partial charge on any atom is 0.234 e. The van der Waals surface area contributed by atoms with Crippen molar-refractivity contribution in [3.8, 4) is 17.2 Å². The molecule has 10 nitrogen and oxygen atoms in total. The van der Waals surface area contributed by atoms with Gasteiger partial charge in [0.15, 0.2) is 16.7 Å². The van der Waals surface area contributed by atoms with Crippen LogP contribution in [-0.4, -0.2) is 42.6 Å². The predicted molar refractivity (Wildman–Crippen MR) is 115 cm³/mol. The second-order valence-corrected chi connectivity index (χ2v) is 7.41. The van der Waals surface area contributed by atoms with Crippen molar-refractivity contribution in [3.63, 3.8) is 0 Å². The first-order valence-corrected chi connectivity index (χ1v) is 10.3. The molecular weight excluding hydrogens is 437 g/mol. The molecule has 2 aromatic heterocycles. The molecule has 0 aliphatic rings. The smallest absolute Gasteiger partial charge is 0.234 e. The van der Waals surface area contributed by atoms with E-state index in [1.807, 2.05) is 30.3 Å². The van der Waals surface area contributed by atoms with E-state index < -0.39 is 0 Å². The van der Waals surface area contributed by atoms with E-state index in [1.165, 1.54) is 31.2 Å². The minimum atomic E-state index is -0.387. The largest absolute Gasteiger partial charge is 0.325 e. The third-order valence-corrected chi connectivity index (χ3v) is 5.03. The molecule has 0 bridgehead atoms. The summed E-state index contributed by atoms with van der Waals surface area (Å²) in [5, 5.41) is 21.6. The van der Waals surface area contributed by atoms with E-state index >= 15 is 0 Å². The highest BCUT2D eigenvalue weighted by molar-refractivity contribution is 7.99. The molecule has 0 aliphatic carbocycles. The van der Waals surface area contributed by atoms with Gasteiger partial charge in [-0.05, 0) is 46.7 Å². The Kier molecular flexibility index (Phi) is 6.22. The number of nitrogens with one attached hydrogen (secondary N) is 2. The Morgan fingerprint density at radius 1 is 1.03 bits per heavy atom. The van der Waals surface area contributed by atoms with Crippen LogP contribution >= 0.6 is 11.8 Å². The number of thioether (sulfide) groups is 1. The highest BCUT2D eigenvalue weighted by atomic mass is 32.2. The van der Waals surface area contributed by atoms with Crippen LogP contribution in [0, 0.1) is 5.82 Å². The first-order valence-electron chi connectivity index (χ1n) is 9.31. The molecule has 0 atom stereocenters. The molecule has 0 saturated carbocycles. The lowest BCUT2D eigenvalue weighted by Crippen LogP contribution is -2.14. The molecule has 12 heteroatoms. The van der Waals surface area contributed by atoms with Crippen LogP contribution in [-0.2, 0) is 9.59 Å². The SMILES string of the molecule is CC(=O)Nc1nonc1-c1nnc(SCC(=O)Nc2ccc(F)cc2)n1-c1ccccc1. The van der Waals surface area contributed by atoms with Gasteiger partial charge in [-0.25, -0.2) is 9.02 Å². The minimum absolute atomic E-state index is 0.0258. The number of anilines is 2. The van der Waals surface area contributed by atoms with Gasteiger partial charge in [-0.3, -0.25) is 14.2 Å². The Balaban J connectivity index is 1.60. The lowest BCUT2D eigenvalue weighted by Gasteiger charge is -2.09. The first-order chi connectivity index (χ1) is 15.5. The van der Waals surface area contributed by atoms with Crippen molar-refractivity contribution in [2.45, 2.75) is 12.1 Å². The van der Waals surface area contributed by atoms with Crippen molar-refractivity contribution >= 4 is 35.1 Å². The Bertz CT molecular complexity index is 1240. The number of rotatable bonds is 7. The summed E-state index contributed by atoms with van der Waals surface area (Å²) in [5.41, 5.74) is 1.39. The number of carbonyl (C=O) groups excluding carboxylic acids is 2. The van der Waals surface area contributed by atoms with Crippen molar-refractivity contribution in [2.75, 3.05) is 16.4 Å². The summed E-state index contributed by atoms with van der Waals surface area (Å²) >= 11 is 1.15. The number of para-hydroxylation sites is 1. The molecule has 0 spiro atoms. The standard InChI is InChI=1S/C20H16FN7O3S/c1-12(29)22-18-17(26-31-27-18)19-24-25-20(28(19)15-5-3-2-4-6-15)32-11-16(30)23-14-9-7-13(21)8-10-14/h2-10H,11H2,1H3,(H,23,30)(H,22,27,29). The van der Waals surface area contributed by atoms with Crippen LogP contribution in [0.25, 0.3) is 17.2 Å². The molecule has 0 radical (unpaired) electrons. The van der Waals surface area contributed by atoms with E-state index in [0.29, 0.717) is 16.5 Å². The maximum absolute atomic E-state index is 13.0. The van der Waals surface area contributed by atoms with Crippen LogP contribution in [0.4, 0.5) is 15.9 Å². The molecular formula is C20H16FN7O3S. The number of amides is 2. The summed E-state index contributed by atoms with van der Waals surface area (Å²) in [4.78, 5) is 23.8. The Morgan fingerprint density at radius 3 is 2.50 bits per heavy atom. The van der Waals surface area contributed by atoms with Crippen molar-refractivity contribution in [1.29, 1.82) is 0 Å². The molecule has 2 amide bonds. The molecule has 4 aromatic rings. The quantitative estimate of drug-likeness (QED) is 0.409. The van der Waals surface area contributed by atoms with Crippen LogP contribution in [0.1, 0.15) is 6.92 Å². The van der Waals surface area contributed by atoms with Gasteiger partial charge >= 0.3 is 0 Å². The van der Waals surface area contributed by atoms with Gasteiger partial charge in [0.1, 0.15) is 5.82 Å². The summed E-state index contributed by atoms with van der Waals surface area (Å²) in [6, 6.07) is 14.7. The van der Waals surface area contributed by atoms with Crippen LogP contribution < -0.4 is 10.6 Å². The molecule has 162 valence electrons. The zero-order valence-electron chi connectivity index (χ0n) is 16.7. The number of aromatic nitrogens is 5. The lowest BCUT2D eigenvalue weighted by atomic mass is 10.3. The molecule has 0 aliphatic heterocycles. The van der Waals surface area contributed by atoms with Crippen LogP contribution in [0.5, 0.6) is 0 Å². The van der Waals surface area contributed by atoms with Crippen molar-refractivity contribution < 1.29 is 18.6 Å². The van der Waals surface area contributed by atoms with Gasteiger partial charge in [0.25, 0.3) is 0 Å². The summed E-state index contributed by atoms with van der Waals surface area (Å²) in [5.74, 6) is -0.623. The van der Waals surface area contributed by atoms with Gasteiger partial charge in [-0.15, -0.1) is 10.2 Å². The molecule has 2 N–H and O–H groups in total. The molecule has 0 fully saturated rings. The fraction of sp³-hybridized carbons (Fsp3) is 0.100. The molecule has 2 aromatic carbocycles. The molecule has 32 heavy (non-hydrogen) atoms. The maximum atomic E-state index is 13.0. The Morgan fingerprint density at radius 2 is 1.78 bits per heavy atom. The number of nitrogens with zero attached hydrogens (tertiary/aromatic N) is 5. The summed E-state index contributed by atoms with van der Waals surface area (Å²) in [7, 11) is 0. The zero-order chi connectivity index (χ0) is 22.5. The number of hydrogen-bond donors (Lipinski definition) is 2. The normalized spacial score (nSPS) is 10.7. The highest BCUT2D eigenvalue weighted by Gasteiger charge is 2.24. The van der Waals surface area contributed by atoms with Crippen LogP contribution in [0.15, 0.2) is 64.4 Å². The van der Waals surface area contributed by atoms with Gasteiger partial charge < -0.3 is 10.6 Å².